The molecule has 2 aromatic heterocycles. The Kier molecular flexibility index (Phi) is 2.86. The van der Waals surface area contributed by atoms with E-state index < -0.39 is 11.7 Å². The van der Waals surface area contributed by atoms with Crippen LogP contribution in [0.25, 0.3) is 16.9 Å². The Bertz CT molecular complexity index is 821. The lowest BCUT2D eigenvalue weighted by atomic mass is 10.1. The van der Waals surface area contributed by atoms with Crippen LogP contribution in [0.4, 0.5) is 19.1 Å². The van der Waals surface area contributed by atoms with Gasteiger partial charge in [0.25, 0.3) is 0 Å². The van der Waals surface area contributed by atoms with Gasteiger partial charge in [0.2, 0.25) is 5.95 Å². The number of aryl methyl sites for hydroxylation is 1. The van der Waals surface area contributed by atoms with E-state index in [9.17, 15) is 13.2 Å². The van der Waals surface area contributed by atoms with Crippen molar-refractivity contribution in [1.29, 1.82) is 0 Å². The van der Waals surface area contributed by atoms with Gasteiger partial charge in [0, 0.05) is 6.20 Å². The van der Waals surface area contributed by atoms with E-state index >= 15 is 0 Å². The number of hydrogen-bond donors (Lipinski definition) is 1. The number of anilines is 1. The first kappa shape index (κ1) is 13.4. The van der Waals surface area contributed by atoms with Gasteiger partial charge in [-0.15, -0.1) is 0 Å². The molecule has 21 heavy (non-hydrogen) atoms. The number of imidazole rings is 1. The van der Waals surface area contributed by atoms with Gasteiger partial charge < -0.3 is 5.73 Å². The van der Waals surface area contributed by atoms with Crippen LogP contribution in [0.1, 0.15) is 11.1 Å². The van der Waals surface area contributed by atoms with Crippen molar-refractivity contribution in [1.82, 2.24) is 14.5 Å². The van der Waals surface area contributed by atoms with Crippen molar-refractivity contribution in [3.8, 4) is 5.69 Å². The molecule has 0 radical (unpaired) electrons. The Balaban J connectivity index is 2.30. The summed E-state index contributed by atoms with van der Waals surface area (Å²) < 4.78 is 40.1. The maximum Gasteiger partial charge on any atom is 0.416 e. The van der Waals surface area contributed by atoms with Crippen LogP contribution in [0.3, 0.4) is 0 Å². The van der Waals surface area contributed by atoms with Crippen molar-refractivity contribution in [2.75, 3.05) is 5.73 Å². The summed E-state index contributed by atoms with van der Waals surface area (Å²) in [6.07, 6.45) is -2.87. The molecule has 2 N–H and O–H groups in total. The van der Waals surface area contributed by atoms with Crippen LogP contribution in [0.2, 0.25) is 0 Å². The highest BCUT2D eigenvalue weighted by Crippen LogP contribution is 2.33. The monoisotopic (exact) mass is 292 g/mol. The highest BCUT2D eigenvalue weighted by molar-refractivity contribution is 5.77. The quantitative estimate of drug-likeness (QED) is 0.748. The average Bonchev–Trinajstić information content (AvgIpc) is 2.74. The number of hydrogen-bond acceptors (Lipinski definition) is 3. The minimum atomic E-state index is -4.42. The number of alkyl halides is 3. The van der Waals surface area contributed by atoms with Crippen molar-refractivity contribution >= 4 is 17.1 Å². The second-order valence-electron chi connectivity index (χ2n) is 4.65. The molecule has 4 nitrogen and oxygen atoms in total. The lowest BCUT2D eigenvalue weighted by Gasteiger charge is -2.13. The molecule has 0 fully saturated rings. The third-order valence-electron chi connectivity index (χ3n) is 3.22. The first-order valence-corrected chi connectivity index (χ1v) is 6.15. The maximum atomic E-state index is 12.9. The van der Waals surface area contributed by atoms with Crippen LogP contribution in [0.5, 0.6) is 0 Å². The summed E-state index contributed by atoms with van der Waals surface area (Å²) in [7, 11) is 0. The molecule has 1 aromatic carbocycles. The van der Waals surface area contributed by atoms with Crippen molar-refractivity contribution in [3.63, 3.8) is 0 Å². The molecule has 7 heteroatoms. The lowest BCUT2D eigenvalue weighted by Crippen LogP contribution is -2.09. The minimum Gasteiger partial charge on any atom is -0.369 e. The van der Waals surface area contributed by atoms with Gasteiger partial charge in [0.15, 0.2) is 5.65 Å². The van der Waals surface area contributed by atoms with Crippen LogP contribution in [0, 0.1) is 6.92 Å². The van der Waals surface area contributed by atoms with E-state index in [2.05, 4.69) is 9.97 Å². The molecule has 3 aromatic rings. The molecule has 0 bridgehead atoms. The van der Waals surface area contributed by atoms with Crippen LogP contribution in [-0.4, -0.2) is 14.5 Å². The van der Waals surface area contributed by atoms with Crippen molar-refractivity contribution in [3.05, 3.63) is 47.7 Å². The molecule has 0 spiro atoms. The van der Waals surface area contributed by atoms with E-state index in [1.807, 2.05) is 0 Å². The van der Waals surface area contributed by atoms with E-state index in [0.29, 0.717) is 22.4 Å². The second kappa shape index (κ2) is 4.47. The molecular formula is C14H11F3N4. The Morgan fingerprint density at radius 3 is 2.67 bits per heavy atom. The van der Waals surface area contributed by atoms with E-state index in [0.717, 1.165) is 12.1 Å². The molecule has 0 unspecified atom stereocenters. The minimum absolute atomic E-state index is 0.103. The molecule has 0 saturated heterocycles. The van der Waals surface area contributed by atoms with E-state index in [1.54, 1.807) is 25.3 Å². The fraction of sp³-hybridized carbons (Fsp3) is 0.143. The number of nitrogen functional groups attached to an aromatic ring is 1. The SMILES string of the molecule is Cc1ccc(C(F)(F)F)cc1-n1c(N)nc2cccnc21. The predicted octanol–water partition coefficient (Wildman–Crippen LogP) is 3.33. The van der Waals surface area contributed by atoms with Crippen LogP contribution >= 0.6 is 0 Å². The standard InChI is InChI=1S/C14H11F3N4/c1-8-4-5-9(14(15,16)17)7-11(8)21-12-10(20-13(21)18)3-2-6-19-12/h2-7H,1H3,(H2,18,20). The topological polar surface area (TPSA) is 56.7 Å². The Labute approximate surface area is 118 Å². The molecular weight excluding hydrogens is 281 g/mol. The largest absolute Gasteiger partial charge is 0.416 e. The van der Waals surface area contributed by atoms with E-state index in [-0.39, 0.29) is 5.95 Å². The molecule has 0 amide bonds. The maximum absolute atomic E-state index is 12.9. The zero-order valence-electron chi connectivity index (χ0n) is 11.0. The molecule has 0 aliphatic heterocycles. The number of nitrogens with zero attached hydrogens (tertiary/aromatic N) is 3. The fourth-order valence-corrected chi connectivity index (χ4v) is 2.19. The van der Waals surface area contributed by atoms with Gasteiger partial charge in [-0.2, -0.15) is 13.2 Å². The zero-order valence-corrected chi connectivity index (χ0v) is 11.0. The number of nitrogens with two attached hydrogens (primary N) is 1. The van der Waals surface area contributed by atoms with Crippen molar-refractivity contribution in [2.45, 2.75) is 13.1 Å². The molecule has 0 atom stereocenters. The summed E-state index contributed by atoms with van der Waals surface area (Å²) in [5.41, 5.74) is 7.05. The van der Waals surface area contributed by atoms with Crippen molar-refractivity contribution < 1.29 is 13.2 Å². The van der Waals surface area contributed by atoms with Crippen molar-refractivity contribution in [2.24, 2.45) is 0 Å². The summed E-state index contributed by atoms with van der Waals surface area (Å²) in [5.74, 6) is 0.103. The normalized spacial score (nSPS) is 12.0. The Morgan fingerprint density at radius 2 is 1.95 bits per heavy atom. The highest BCUT2D eigenvalue weighted by atomic mass is 19.4. The first-order valence-electron chi connectivity index (χ1n) is 6.15. The summed E-state index contributed by atoms with van der Waals surface area (Å²) in [5, 5.41) is 0. The zero-order chi connectivity index (χ0) is 15.2. The Morgan fingerprint density at radius 1 is 1.19 bits per heavy atom. The summed E-state index contributed by atoms with van der Waals surface area (Å²) in [6.45, 7) is 1.71. The third-order valence-corrected chi connectivity index (χ3v) is 3.22. The van der Waals surface area contributed by atoms with Gasteiger partial charge in [0.1, 0.15) is 5.52 Å². The van der Waals surface area contributed by atoms with Gasteiger partial charge in [-0.25, -0.2) is 9.97 Å². The molecule has 2 heterocycles. The number of aromatic nitrogens is 3. The lowest BCUT2D eigenvalue weighted by molar-refractivity contribution is -0.137. The predicted molar refractivity (Wildman–Crippen MR) is 73.0 cm³/mol. The fourth-order valence-electron chi connectivity index (χ4n) is 2.19. The third kappa shape index (κ3) is 2.20. The molecule has 0 aliphatic rings. The second-order valence-corrected chi connectivity index (χ2v) is 4.65. The molecule has 108 valence electrons. The number of rotatable bonds is 1. The highest BCUT2D eigenvalue weighted by Gasteiger charge is 2.31. The average molecular weight is 292 g/mol. The van der Waals surface area contributed by atoms with Gasteiger partial charge >= 0.3 is 6.18 Å². The van der Waals surface area contributed by atoms with E-state index in [4.69, 9.17) is 5.73 Å². The molecule has 3 rings (SSSR count). The number of halogens is 3. The molecule has 0 aliphatic carbocycles. The van der Waals surface area contributed by atoms with Crippen LogP contribution < -0.4 is 5.73 Å². The summed E-state index contributed by atoms with van der Waals surface area (Å²) in [6, 6.07) is 6.91. The van der Waals surface area contributed by atoms with Crippen LogP contribution in [-0.2, 0) is 6.18 Å². The smallest absolute Gasteiger partial charge is 0.369 e. The number of pyridine rings is 1. The summed E-state index contributed by atoms with van der Waals surface area (Å²) >= 11 is 0. The van der Waals surface area contributed by atoms with Gasteiger partial charge in [0.05, 0.1) is 11.3 Å². The van der Waals surface area contributed by atoms with Crippen LogP contribution in [0.15, 0.2) is 36.5 Å². The Hall–Kier alpha value is -2.57. The van der Waals surface area contributed by atoms with Gasteiger partial charge in [-0.1, -0.05) is 6.07 Å². The van der Waals surface area contributed by atoms with Gasteiger partial charge in [-0.3, -0.25) is 4.57 Å². The molecule has 0 saturated carbocycles. The first-order chi connectivity index (χ1) is 9.88. The summed E-state index contributed by atoms with van der Waals surface area (Å²) in [4.78, 5) is 8.27. The van der Waals surface area contributed by atoms with Gasteiger partial charge in [-0.05, 0) is 36.8 Å². The van der Waals surface area contributed by atoms with E-state index in [1.165, 1.54) is 10.6 Å². The number of fused-ring (bicyclic) bond motifs is 1. The number of benzene rings is 1.